The van der Waals surface area contributed by atoms with Gasteiger partial charge in [0.05, 0.1) is 11.6 Å². The van der Waals surface area contributed by atoms with Gasteiger partial charge in [0.25, 0.3) is 0 Å². The standard InChI is InChI=1S/C13H11BrF3NO/c14-12-5-4-11(19-12)10(18)7-8-2-1-3-9(6-8)13(15,16)17/h1-6,10H,7,18H2. The van der Waals surface area contributed by atoms with E-state index in [1.807, 2.05) is 0 Å². The van der Waals surface area contributed by atoms with Gasteiger partial charge in [-0.25, -0.2) is 0 Å². The Morgan fingerprint density at radius 2 is 1.95 bits per heavy atom. The molecular weight excluding hydrogens is 323 g/mol. The lowest BCUT2D eigenvalue weighted by Gasteiger charge is -2.11. The largest absolute Gasteiger partial charge is 0.453 e. The molecule has 19 heavy (non-hydrogen) atoms. The van der Waals surface area contributed by atoms with Gasteiger partial charge in [0.1, 0.15) is 5.76 Å². The van der Waals surface area contributed by atoms with Crippen molar-refractivity contribution in [1.29, 1.82) is 0 Å². The van der Waals surface area contributed by atoms with Crippen molar-refractivity contribution in [2.45, 2.75) is 18.6 Å². The molecule has 1 atom stereocenters. The fourth-order valence-corrected chi connectivity index (χ4v) is 2.08. The first-order chi connectivity index (χ1) is 8.86. The smallest absolute Gasteiger partial charge is 0.416 e. The normalized spacial score (nSPS) is 13.5. The molecule has 1 aromatic carbocycles. The number of hydrogen-bond donors (Lipinski definition) is 1. The summed E-state index contributed by atoms with van der Waals surface area (Å²) in [6.07, 6.45) is -4.06. The number of hydrogen-bond acceptors (Lipinski definition) is 2. The molecule has 0 bridgehead atoms. The highest BCUT2D eigenvalue weighted by Crippen LogP contribution is 2.30. The van der Waals surface area contributed by atoms with Crippen LogP contribution < -0.4 is 5.73 Å². The minimum absolute atomic E-state index is 0.282. The molecule has 0 radical (unpaired) electrons. The van der Waals surface area contributed by atoms with Crippen LogP contribution in [0.5, 0.6) is 0 Å². The first-order valence-corrected chi connectivity index (χ1v) is 6.32. The average Bonchev–Trinajstić information content (AvgIpc) is 2.75. The van der Waals surface area contributed by atoms with E-state index in [0.717, 1.165) is 12.1 Å². The summed E-state index contributed by atoms with van der Waals surface area (Å²) in [7, 11) is 0. The zero-order valence-corrected chi connectivity index (χ0v) is 11.3. The fourth-order valence-electron chi connectivity index (χ4n) is 1.76. The van der Waals surface area contributed by atoms with E-state index in [4.69, 9.17) is 10.2 Å². The Kier molecular flexibility index (Phi) is 4.01. The van der Waals surface area contributed by atoms with E-state index in [-0.39, 0.29) is 6.42 Å². The van der Waals surface area contributed by atoms with Crippen molar-refractivity contribution in [3.05, 3.63) is 58.0 Å². The summed E-state index contributed by atoms with van der Waals surface area (Å²) in [4.78, 5) is 0. The van der Waals surface area contributed by atoms with Crippen molar-refractivity contribution in [2.75, 3.05) is 0 Å². The van der Waals surface area contributed by atoms with E-state index in [1.165, 1.54) is 6.07 Å². The second-order valence-corrected chi connectivity index (χ2v) is 4.93. The van der Waals surface area contributed by atoms with Gasteiger partial charge in [-0.3, -0.25) is 0 Å². The van der Waals surface area contributed by atoms with Gasteiger partial charge in [0.15, 0.2) is 4.67 Å². The summed E-state index contributed by atoms with van der Waals surface area (Å²) in [5, 5.41) is 0. The monoisotopic (exact) mass is 333 g/mol. The Morgan fingerprint density at radius 3 is 2.53 bits per heavy atom. The van der Waals surface area contributed by atoms with E-state index >= 15 is 0 Å². The summed E-state index contributed by atoms with van der Waals surface area (Å²) in [5.41, 5.74) is 5.76. The Hall–Kier alpha value is -1.27. The number of halogens is 4. The lowest BCUT2D eigenvalue weighted by atomic mass is 10.0. The quantitative estimate of drug-likeness (QED) is 0.909. The van der Waals surface area contributed by atoms with Crippen molar-refractivity contribution >= 4 is 15.9 Å². The van der Waals surface area contributed by atoms with Crippen LogP contribution in [0.3, 0.4) is 0 Å². The maximum atomic E-state index is 12.6. The molecule has 0 amide bonds. The van der Waals surface area contributed by atoms with E-state index in [0.29, 0.717) is 16.0 Å². The molecule has 0 aliphatic rings. The molecule has 0 saturated carbocycles. The number of nitrogens with two attached hydrogens (primary N) is 1. The predicted molar refractivity (Wildman–Crippen MR) is 68.5 cm³/mol. The van der Waals surface area contributed by atoms with Crippen LogP contribution in [0.4, 0.5) is 13.2 Å². The molecule has 0 spiro atoms. The van der Waals surface area contributed by atoms with Gasteiger partial charge in [-0.2, -0.15) is 13.2 Å². The summed E-state index contributed by atoms with van der Waals surface area (Å²) in [5.74, 6) is 0.532. The zero-order valence-electron chi connectivity index (χ0n) is 9.75. The number of furan rings is 1. The van der Waals surface area contributed by atoms with E-state index in [1.54, 1.807) is 18.2 Å². The predicted octanol–water partition coefficient (Wildman–Crippen LogP) is 4.30. The topological polar surface area (TPSA) is 39.2 Å². The number of alkyl halides is 3. The molecule has 1 aromatic heterocycles. The Bertz CT molecular complexity index is 565. The van der Waals surface area contributed by atoms with Crippen molar-refractivity contribution in [3.8, 4) is 0 Å². The highest BCUT2D eigenvalue weighted by molar-refractivity contribution is 9.10. The third-order valence-corrected chi connectivity index (χ3v) is 3.10. The molecule has 1 heterocycles. The highest BCUT2D eigenvalue weighted by atomic mass is 79.9. The lowest BCUT2D eigenvalue weighted by Crippen LogP contribution is -2.13. The van der Waals surface area contributed by atoms with E-state index in [9.17, 15) is 13.2 Å². The van der Waals surface area contributed by atoms with Crippen LogP contribution in [-0.4, -0.2) is 0 Å². The molecule has 0 aliphatic carbocycles. The van der Waals surface area contributed by atoms with Gasteiger partial charge in [-0.05, 0) is 46.1 Å². The molecule has 102 valence electrons. The maximum Gasteiger partial charge on any atom is 0.416 e. The minimum Gasteiger partial charge on any atom is -0.453 e. The van der Waals surface area contributed by atoms with Crippen LogP contribution in [0.15, 0.2) is 45.5 Å². The molecule has 2 N–H and O–H groups in total. The molecule has 6 heteroatoms. The highest BCUT2D eigenvalue weighted by Gasteiger charge is 2.30. The van der Waals surface area contributed by atoms with Crippen molar-refractivity contribution in [3.63, 3.8) is 0 Å². The van der Waals surface area contributed by atoms with Crippen LogP contribution in [0, 0.1) is 0 Å². The summed E-state index contributed by atoms with van der Waals surface area (Å²) in [6, 6.07) is 8.06. The van der Waals surface area contributed by atoms with Gasteiger partial charge in [0.2, 0.25) is 0 Å². The number of benzene rings is 1. The first kappa shape index (κ1) is 14.1. The van der Waals surface area contributed by atoms with Gasteiger partial charge in [-0.1, -0.05) is 18.2 Å². The van der Waals surface area contributed by atoms with Crippen LogP contribution in [0.1, 0.15) is 22.9 Å². The van der Waals surface area contributed by atoms with Crippen LogP contribution >= 0.6 is 15.9 Å². The SMILES string of the molecule is NC(Cc1cccc(C(F)(F)F)c1)c1ccc(Br)o1. The van der Waals surface area contributed by atoms with Crippen LogP contribution in [-0.2, 0) is 12.6 Å². The van der Waals surface area contributed by atoms with Gasteiger partial charge in [-0.15, -0.1) is 0 Å². The Balaban J connectivity index is 2.15. The second kappa shape index (κ2) is 5.38. The molecule has 2 aromatic rings. The molecular formula is C13H11BrF3NO. The molecule has 2 rings (SSSR count). The van der Waals surface area contributed by atoms with Gasteiger partial charge in [0, 0.05) is 0 Å². The van der Waals surface area contributed by atoms with Crippen molar-refractivity contribution in [1.82, 2.24) is 0 Å². The Morgan fingerprint density at radius 1 is 1.21 bits per heavy atom. The lowest BCUT2D eigenvalue weighted by molar-refractivity contribution is -0.137. The fraction of sp³-hybridized carbons (Fsp3) is 0.231. The molecule has 2 nitrogen and oxygen atoms in total. The van der Waals surface area contributed by atoms with Gasteiger partial charge < -0.3 is 10.2 Å². The van der Waals surface area contributed by atoms with E-state index in [2.05, 4.69) is 15.9 Å². The van der Waals surface area contributed by atoms with Crippen LogP contribution in [0.2, 0.25) is 0 Å². The molecule has 0 saturated heterocycles. The van der Waals surface area contributed by atoms with Crippen molar-refractivity contribution < 1.29 is 17.6 Å². The first-order valence-electron chi connectivity index (χ1n) is 5.53. The molecule has 0 aliphatic heterocycles. The average molecular weight is 334 g/mol. The maximum absolute atomic E-state index is 12.6. The second-order valence-electron chi connectivity index (χ2n) is 4.15. The van der Waals surface area contributed by atoms with Gasteiger partial charge >= 0.3 is 6.18 Å². The zero-order chi connectivity index (χ0) is 14.0. The molecule has 1 unspecified atom stereocenters. The summed E-state index contributed by atoms with van der Waals surface area (Å²) in [6.45, 7) is 0. The van der Waals surface area contributed by atoms with Crippen molar-refractivity contribution in [2.24, 2.45) is 5.73 Å². The number of rotatable bonds is 3. The summed E-state index contributed by atoms with van der Waals surface area (Å²) >= 11 is 3.15. The van der Waals surface area contributed by atoms with Crippen LogP contribution in [0.25, 0.3) is 0 Å². The minimum atomic E-state index is -4.34. The van der Waals surface area contributed by atoms with E-state index < -0.39 is 17.8 Å². The molecule has 0 fully saturated rings. The Labute approximate surface area is 116 Å². The summed E-state index contributed by atoms with van der Waals surface area (Å²) < 4.78 is 43.6. The third-order valence-electron chi connectivity index (χ3n) is 2.67. The third kappa shape index (κ3) is 3.61.